The van der Waals surface area contributed by atoms with Gasteiger partial charge in [0, 0.05) is 5.56 Å². The van der Waals surface area contributed by atoms with E-state index in [1.807, 2.05) is 0 Å². The second kappa shape index (κ2) is 14.0. The summed E-state index contributed by atoms with van der Waals surface area (Å²) in [6, 6.07) is 17.6. The van der Waals surface area contributed by atoms with Gasteiger partial charge in [0.2, 0.25) is 0 Å². The van der Waals surface area contributed by atoms with Gasteiger partial charge in [-0.25, -0.2) is 0 Å². The molecule has 0 N–H and O–H groups in total. The van der Waals surface area contributed by atoms with Crippen LogP contribution < -0.4 is 0 Å². The first-order valence-electron chi connectivity index (χ1n) is 13.8. The molecule has 0 radical (unpaired) electrons. The number of nitrogens with zero attached hydrogens (tertiary/aromatic N) is 2. The van der Waals surface area contributed by atoms with E-state index in [1.165, 1.54) is 76.2 Å². The Hall–Kier alpha value is -2.58. The molecule has 0 heterocycles. The highest BCUT2D eigenvalue weighted by atomic mass is 14.3. The first kappa shape index (κ1) is 26.0. The number of hydrogen-bond acceptors (Lipinski definition) is 2. The lowest BCUT2D eigenvalue weighted by molar-refractivity contribution is 0.301. The molecule has 0 amide bonds. The van der Waals surface area contributed by atoms with Gasteiger partial charge < -0.3 is 0 Å². The Morgan fingerprint density at radius 3 is 2.00 bits per heavy atom. The van der Waals surface area contributed by atoms with Crippen LogP contribution in [-0.2, 0) is 6.42 Å². The molecule has 34 heavy (non-hydrogen) atoms. The normalized spacial score (nSPS) is 17.8. The van der Waals surface area contributed by atoms with E-state index in [0.29, 0.717) is 17.0 Å². The molecule has 0 bridgehead atoms. The zero-order valence-corrected chi connectivity index (χ0v) is 21.4. The minimum Gasteiger partial charge on any atom is -0.192 e. The highest BCUT2D eigenvalue weighted by molar-refractivity contribution is 5.75. The van der Waals surface area contributed by atoms with Crippen molar-refractivity contribution in [1.82, 2.24) is 0 Å². The third kappa shape index (κ3) is 6.96. The van der Waals surface area contributed by atoms with Gasteiger partial charge in [-0.15, -0.1) is 0 Å². The fourth-order valence-corrected chi connectivity index (χ4v) is 5.66. The van der Waals surface area contributed by atoms with Crippen molar-refractivity contribution in [2.75, 3.05) is 0 Å². The topological polar surface area (TPSA) is 47.6 Å². The van der Waals surface area contributed by atoms with Crippen LogP contribution in [0.4, 0.5) is 0 Å². The SMILES string of the molecule is CCCCCCCC1CCC(c2ccc(-c3ccc(CCCCC)cc3)c(C#N)c2C#N)CC1. The Kier molecular flexibility index (Phi) is 10.7. The summed E-state index contributed by atoms with van der Waals surface area (Å²) in [6.45, 7) is 4.50. The molecule has 1 fully saturated rings. The maximum atomic E-state index is 10.0. The van der Waals surface area contributed by atoms with Crippen LogP contribution in [0.25, 0.3) is 11.1 Å². The van der Waals surface area contributed by atoms with Gasteiger partial charge in [-0.05, 0) is 67.1 Å². The number of benzene rings is 2. The predicted octanol–water partition coefficient (Wildman–Crippen LogP) is 9.46. The van der Waals surface area contributed by atoms with Crippen molar-refractivity contribution in [2.24, 2.45) is 5.92 Å². The van der Waals surface area contributed by atoms with Gasteiger partial charge in [0.15, 0.2) is 0 Å². The Balaban J connectivity index is 1.68. The van der Waals surface area contributed by atoms with E-state index in [0.717, 1.165) is 41.9 Å². The average Bonchev–Trinajstić information content (AvgIpc) is 2.88. The van der Waals surface area contributed by atoms with Crippen LogP contribution in [-0.4, -0.2) is 0 Å². The minimum absolute atomic E-state index is 0.410. The monoisotopic (exact) mass is 454 g/mol. The number of aryl methyl sites for hydroxylation is 1. The van der Waals surface area contributed by atoms with Gasteiger partial charge in [-0.2, -0.15) is 10.5 Å². The second-order valence-corrected chi connectivity index (χ2v) is 10.3. The summed E-state index contributed by atoms with van der Waals surface area (Å²) in [5.41, 5.74) is 5.52. The average molecular weight is 455 g/mol. The van der Waals surface area contributed by atoms with E-state index in [1.54, 1.807) is 0 Å². The Labute approximate surface area is 208 Å². The largest absolute Gasteiger partial charge is 0.192 e. The van der Waals surface area contributed by atoms with Crippen LogP contribution in [0, 0.1) is 28.6 Å². The van der Waals surface area contributed by atoms with Crippen LogP contribution >= 0.6 is 0 Å². The van der Waals surface area contributed by atoms with Gasteiger partial charge in [0.25, 0.3) is 0 Å². The molecule has 2 aromatic carbocycles. The summed E-state index contributed by atoms with van der Waals surface area (Å²) in [6.07, 6.45) is 17.8. The van der Waals surface area contributed by atoms with Crippen LogP contribution in [0.3, 0.4) is 0 Å². The third-order valence-corrected chi connectivity index (χ3v) is 7.80. The Morgan fingerprint density at radius 2 is 1.35 bits per heavy atom. The second-order valence-electron chi connectivity index (χ2n) is 10.3. The fraction of sp³-hybridized carbons (Fsp3) is 0.562. The van der Waals surface area contributed by atoms with Crippen molar-refractivity contribution < 1.29 is 0 Å². The summed E-state index contributed by atoms with van der Waals surface area (Å²) in [5, 5.41) is 20.0. The number of nitriles is 2. The van der Waals surface area contributed by atoms with E-state index < -0.39 is 0 Å². The zero-order chi connectivity index (χ0) is 24.2. The maximum absolute atomic E-state index is 10.0. The molecule has 0 saturated heterocycles. The molecule has 2 aromatic rings. The quantitative estimate of drug-likeness (QED) is 0.300. The van der Waals surface area contributed by atoms with Gasteiger partial charge in [-0.3, -0.25) is 0 Å². The summed E-state index contributed by atoms with van der Waals surface area (Å²) in [7, 11) is 0. The first-order chi connectivity index (χ1) is 16.7. The Bertz CT molecular complexity index is 966. The molecule has 180 valence electrons. The molecule has 2 nitrogen and oxygen atoms in total. The number of unbranched alkanes of at least 4 members (excludes halogenated alkanes) is 6. The number of rotatable bonds is 12. The van der Waals surface area contributed by atoms with Crippen molar-refractivity contribution in [3.8, 4) is 23.3 Å². The van der Waals surface area contributed by atoms with Gasteiger partial charge in [-0.1, -0.05) is 102 Å². The lowest BCUT2D eigenvalue weighted by Crippen LogP contribution is -2.15. The van der Waals surface area contributed by atoms with Crippen molar-refractivity contribution in [3.63, 3.8) is 0 Å². The molecule has 1 aliphatic carbocycles. The summed E-state index contributed by atoms with van der Waals surface area (Å²) in [5.74, 6) is 1.25. The van der Waals surface area contributed by atoms with Crippen LogP contribution in [0.2, 0.25) is 0 Å². The standard InChI is InChI=1S/C32H42N2/c1-3-5-7-8-10-12-26-15-19-28(20-16-26)30-22-21-29(31(23-33)32(30)24-34)27-17-13-25(14-18-27)11-9-6-4-2/h13-14,17-18,21-22,26,28H,3-12,15-16,19-20H2,1-2H3. The maximum Gasteiger partial charge on any atom is 0.101 e. The van der Waals surface area contributed by atoms with Gasteiger partial charge in [0.1, 0.15) is 12.1 Å². The van der Waals surface area contributed by atoms with Crippen molar-refractivity contribution in [2.45, 2.75) is 110 Å². The fourth-order valence-electron chi connectivity index (χ4n) is 5.66. The van der Waals surface area contributed by atoms with Crippen molar-refractivity contribution >= 4 is 0 Å². The molecular formula is C32H42N2. The van der Waals surface area contributed by atoms with E-state index >= 15 is 0 Å². The van der Waals surface area contributed by atoms with Crippen molar-refractivity contribution in [1.29, 1.82) is 10.5 Å². The van der Waals surface area contributed by atoms with Gasteiger partial charge in [0.05, 0.1) is 11.1 Å². The summed E-state index contributed by atoms with van der Waals surface area (Å²) in [4.78, 5) is 0. The Morgan fingerprint density at radius 1 is 0.706 bits per heavy atom. The summed E-state index contributed by atoms with van der Waals surface area (Å²) < 4.78 is 0. The molecule has 0 atom stereocenters. The van der Waals surface area contributed by atoms with Gasteiger partial charge >= 0.3 is 0 Å². The molecule has 1 saturated carbocycles. The lowest BCUT2D eigenvalue weighted by Gasteiger charge is -2.29. The van der Waals surface area contributed by atoms with E-state index in [2.05, 4.69) is 62.4 Å². The molecule has 3 rings (SSSR count). The molecule has 0 unspecified atom stereocenters. The first-order valence-corrected chi connectivity index (χ1v) is 13.8. The van der Waals surface area contributed by atoms with E-state index in [4.69, 9.17) is 0 Å². The predicted molar refractivity (Wildman–Crippen MR) is 143 cm³/mol. The van der Waals surface area contributed by atoms with Crippen molar-refractivity contribution in [3.05, 3.63) is 58.7 Å². The highest BCUT2D eigenvalue weighted by Crippen LogP contribution is 2.41. The molecule has 0 aliphatic heterocycles. The summed E-state index contributed by atoms with van der Waals surface area (Å²) >= 11 is 0. The van der Waals surface area contributed by atoms with Crippen LogP contribution in [0.15, 0.2) is 36.4 Å². The van der Waals surface area contributed by atoms with E-state index in [9.17, 15) is 10.5 Å². The van der Waals surface area contributed by atoms with Crippen LogP contribution in [0.5, 0.6) is 0 Å². The molecule has 2 heteroatoms. The molecular weight excluding hydrogens is 412 g/mol. The molecule has 0 spiro atoms. The van der Waals surface area contributed by atoms with E-state index in [-0.39, 0.29) is 0 Å². The molecule has 1 aliphatic rings. The zero-order valence-electron chi connectivity index (χ0n) is 21.4. The number of hydrogen-bond donors (Lipinski definition) is 0. The smallest absolute Gasteiger partial charge is 0.101 e. The van der Waals surface area contributed by atoms with Crippen LogP contribution in [0.1, 0.15) is 125 Å². The lowest BCUT2D eigenvalue weighted by atomic mass is 9.75. The highest BCUT2D eigenvalue weighted by Gasteiger charge is 2.26. The minimum atomic E-state index is 0.410. The molecule has 0 aromatic heterocycles. The third-order valence-electron chi connectivity index (χ3n) is 7.80.